The molecule has 0 saturated carbocycles. The van der Waals surface area contributed by atoms with Gasteiger partial charge in [-0.1, -0.05) is 57.2 Å². The lowest BCUT2D eigenvalue weighted by molar-refractivity contribution is 0.103. The van der Waals surface area contributed by atoms with Gasteiger partial charge < -0.3 is 9.47 Å². The molecule has 0 bridgehead atoms. The van der Waals surface area contributed by atoms with Gasteiger partial charge >= 0.3 is 0 Å². The first-order valence-corrected chi connectivity index (χ1v) is 9.53. The van der Waals surface area contributed by atoms with E-state index in [4.69, 9.17) is 9.47 Å². The summed E-state index contributed by atoms with van der Waals surface area (Å²) < 4.78 is 11.5. The van der Waals surface area contributed by atoms with E-state index in [0.29, 0.717) is 35.0 Å². The first-order valence-electron chi connectivity index (χ1n) is 9.53. The molecule has 144 valence electrons. The number of hydrogen-bond acceptors (Lipinski definition) is 3. The summed E-state index contributed by atoms with van der Waals surface area (Å²) >= 11 is 0. The van der Waals surface area contributed by atoms with Crippen molar-refractivity contribution in [3.8, 4) is 17.2 Å². The largest absolute Gasteiger partial charge is 0.490 e. The normalized spacial score (nSPS) is 11.1. The lowest BCUT2D eigenvalue weighted by Gasteiger charge is -2.19. The summed E-state index contributed by atoms with van der Waals surface area (Å²) in [5.74, 6) is 2.01. The van der Waals surface area contributed by atoms with Crippen LogP contribution in [0.3, 0.4) is 0 Å². The van der Waals surface area contributed by atoms with Crippen molar-refractivity contribution in [1.82, 2.24) is 0 Å². The van der Waals surface area contributed by atoms with E-state index < -0.39 is 0 Å². The molecule has 0 atom stereocenters. The Morgan fingerprint density at radius 1 is 0.786 bits per heavy atom. The smallest absolute Gasteiger partial charge is 0.193 e. The van der Waals surface area contributed by atoms with E-state index in [0.717, 1.165) is 0 Å². The standard InChI is InChI=1S/C25H26O3/c1-5-27-22-8-6-7-9-23(22)28-21-16-12-19(13-17-21)24(26)18-10-14-20(15-11-18)25(2,3)4/h6-17H,5H2,1-4H3. The average Bonchev–Trinajstić information content (AvgIpc) is 2.69. The second-order valence-corrected chi connectivity index (χ2v) is 7.66. The Bertz CT molecular complexity index is 933. The minimum absolute atomic E-state index is 0.00160. The van der Waals surface area contributed by atoms with Gasteiger partial charge in [0, 0.05) is 11.1 Å². The molecule has 0 amide bonds. The molecule has 0 aliphatic rings. The summed E-state index contributed by atoms with van der Waals surface area (Å²) in [5, 5.41) is 0. The number of rotatable bonds is 6. The van der Waals surface area contributed by atoms with Gasteiger partial charge in [-0.05, 0) is 54.3 Å². The van der Waals surface area contributed by atoms with Crippen LogP contribution in [-0.2, 0) is 5.41 Å². The van der Waals surface area contributed by atoms with Crippen LogP contribution in [0.25, 0.3) is 0 Å². The Morgan fingerprint density at radius 3 is 1.86 bits per heavy atom. The van der Waals surface area contributed by atoms with Crippen LogP contribution in [0.1, 0.15) is 49.2 Å². The summed E-state index contributed by atoms with van der Waals surface area (Å²) in [7, 11) is 0. The Kier molecular flexibility index (Phi) is 5.84. The van der Waals surface area contributed by atoms with E-state index in [9.17, 15) is 4.79 Å². The molecule has 0 saturated heterocycles. The Hall–Kier alpha value is -3.07. The lowest BCUT2D eigenvalue weighted by atomic mass is 9.86. The number of ketones is 1. The van der Waals surface area contributed by atoms with Gasteiger partial charge in [0.25, 0.3) is 0 Å². The van der Waals surface area contributed by atoms with Gasteiger partial charge in [-0.2, -0.15) is 0 Å². The molecule has 0 heterocycles. The number of ether oxygens (including phenoxy) is 2. The maximum Gasteiger partial charge on any atom is 0.193 e. The molecule has 0 spiro atoms. The van der Waals surface area contributed by atoms with Crippen molar-refractivity contribution < 1.29 is 14.3 Å². The van der Waals surface area contributed by atoms with E-state index in [-0.39, 0.29) is 11.2 Å². The van der Waals surface area contributed by atoms with Crippen molar-refractivity contribution in [1.29, 1.82) is 0 Å². The van der Waals surface area contributed by atoms with Gasteiger partial charge in [0.2, 0.25) is 0 Å². The number of hydrogen-bond donors (Lipinski definition) is 0. The first-order chi connectivity index (χ1) is 13.4. The molecule has 0 unspecified atom stereocenters. The predicted molar refractivity (Wildman–Crippen MR) is 113 cm³/mol. The third kappa shape index (κ3) is 4.61. The second kappa shape index (κ2) is 8.30. The maximum atomic E-state index is 12.8. The zero-order valence-corrected chi connectivity index (χ0v) is 16.9. The highest BCUT2D eigenvalue weighted by Crippen LogP contribution is 2.31. The molecular weight excluding hydrogens is 348 g/mol. The van der Waals surface area contributed by atoms with Crippen molar-refractivity contribution in [3.05, 3.63) is 89.5 Å². The number of para-hydroxylation sites is 2. The van der Waals surface area contributed by atoms with E-state index >= 15 is 0 Å². The van der Waals surface area contributed by atoms with E-state index in [1.54, 1.807) is 24.3 Å². The molecule has 0 aliphatic carbocycles. The van der Waals surface area contributed by atoms with Gasteiger partial charge in [-0.25, -0.2) is 0 Å². The third-order valence-electron chi connectivity index (χ3n) is 4.51. The second-order valence-electron chi connectivity index (χ2n) is 7.66. The van der Waals surface area contributed by atoms with Crippen molar-refractivity contribution >= 4 is 5.78 Å². The van der Waals surface area contributed by atoms with Gasteiger partial charge in [-0.3, -0.25) is 4.79 Å². The Morgan fingerprint density at radius 2 is 1.32 bits per heavy atom. The summed E-state index contributed by atoms with van der Waals surface area (Å²) in [4.78, 5) is 12.8. The number of benzene rings is 3. The molecule has 0 fully saturated rings. The molecule has 3 aromatic carbocycles. The van der Waals surface area contributed by atoms with Crippen LogP contribution in [-0.4, -0.2) is 12.4 Å². The zero-order valence-electron chi connectivity index (χ0n) is 16.9. The van der Waals surface area contributed by atoms with Crippen molar-refractivity contribution in [2.75, 3.05) is 6.61 Å². The predicted octanol–water partition coefficient (Wildman–Crippen LogP) is 6.41. The molecule has 0 N–H and O–H groups in total. The fourth-order valence-electron chi connectivity index (χ4n) is 2.90. The minimum Gasteiger partial charge on any atom is -0.490 e. The van der Waals surface area contributed by atoms with Crippen LogP contribution in [0.15, 0.2) is 72.8 Å². The minimum atomic E-state index is 0.00160. The first kappa shape index (κ1) is 19.7. The quantitative estimate of drug-likeness (QED) is 0.468. The molecule has 0 aliphatic heterocycles. The third-order valence-corrected chi connectivity index (χ3v) is 4.51. The summed E-state index contributed by atoms with van der Waals surface area (Å²) in [6.45, 7) is 8.98. The summed E-state index contributed by atoms with van der Waals surface area (Å²) in [6.07, 6.45) is 0. The maximum absolute atomic E-state index is 12.8. The van der Waals surface area contributed by atoms with Crippen molar-refractivity contribution in [2.45, 2.75) is 33.1 Å². The monoisotopic (exact) mass is 374 g/mol. The molecular formula is C25H26O3. The van der Waals surface area contributed by atoms with E-state index in [1.165, 1.54) is 5.56 Å². The van der Waals surface area contributed by atoms with Crippen LogP contribution >= 0.6 is 0 Å². The molecule has 0 aromatic heterocycles. The molecule has 3 aromatic rings. The van der Waals surface area contributed by atoms with Crippen LogP contribution in [0.5, 0.6) is 17.2 Å². The highest BCUT2D eigenvalue weighted by atomic mass is 16.5. The topological polar surface area (TPSA) is 35.5 Å². The van der Waals surface area contributed by atoms with Crippen molar-refractivity contribution in [2.24, 2.45) is 0 Å². The van der Waals surface area contributed by atoms with Gasteiger partial charge in [0.15, 0.2) is 17.3 Å². The molecule has 3 rings (SSSR count). The molecule has 28 heavy (non-hydrogen) atoms. The molecule has 3 nitrogen and oxygen atoms in total. The SMILES string of the molecule is CCOc1ccccc1Oc1ccc(C(=O)c2ccc(C(C)(C)C)cc2)cc1. The molecule has 0 radical (unpaired) electrons. The van der Waals surface area contributed by atoms with Crippen LogP contribution in [0.4, 0.5) is 0 Å². The highest BCUT2D eigenvalue weighted by molar-refractivity contribution is 6.09. The lowest BCUT2D eigenvalue weighted by Crippen LogP contribution is -2.11. The van der Waals surface area contributed by atoms with Crippen LogP contribution < -0.4 is 9.47 Å². The highest BCUT2D eigenvalue weighted by Gasteiger charge is 2.15. The Labute approximate surface area is 166 Å². The van der Waals surface area contributed by atoms with Gasteiger partial charge in [0.05, 0.1) is 6.61 Å². The molecule has 3 heteroatoms. The van der Waals surface area contributed by atoms with E-state index in [1.807, 2.05) is 55.5 Å². The van der Waals surface area contributed by atoms with Gasteiger partial charge in [-0.15, -0.1) is 0 Å². The average molecular weight is 374 g/mol. The van der Waals surface area contributed by atoms with Crippen LogP contribution in [0.2, 0.25) is 0 Å². The number of carbonyl (C=O) groups is 1. The van der Waals surface area contributed by atoms with Crippen LogP contribution in [0, 0.1) is 0 Å². The van der Waals surface area contributed by atoms with E-state index in [2.05, 4.69) is 20.8 Å². The number of carbonyl (C=O) groups excluding carboxylic acids is 1. The fourth-order valence-corrected chi connectivity index (χ4v) is 2.90. The fraction of sp³-hybridized carbons (Fsp3) is 0.240. The zero-order chi connectivity index (χ0) is 20.1. The summed E-state index contributed by atoms with van der Waals surface area (Å²) in [5.41, 5.74) is 2.59. The van der Waals surface area contributed by atoms with Crippen molar-refractivity contribution in [3.63, 3.8) is 0 Å². The Balaban J connectivity index is 1.75. The van der Waals surface area contributed by atoms with Gasteiger partial charge in [0.1, 0.15) is 5.75 Å². The summed E-state index contributed by atoms with van der Waals surface area (Å²) in [6, 6.07) is 22.6.